The van der Waals surface area contributed by atoms with Crippen LogP contribution in [0.15, 0.2) is 47.4 Å². The van der Waals surface area contributed by atoms with Gasteiger partial charge in [0.05, 0.1) is 10.6 Å². The van der Waals surface area contributed by atoms with Gasteiger partial charge in [0.2, 0.25) is 10.0 Å². The fourth-order valence-electron chi connectivity index (χ4n) is 4.45. The lowest BCUT2D eigenvalue weighted by molar-refractivity contribution is -0.385. The third-order valence-electron chi connectivity index (χ3n) is 6.38. The third-order valence-corrected chi connectivity index (χ3v) is 8.32. The van der Waals surface area contributed by atoms with E-state index >= 15 is 0 Å². The molecule has 0 aromatic heterocycles. The van der Waals surface area contributed by atoms with Crippen molar-refractivity contribution >= 4 is 21.4 Å². The van der Waals surface area contributed by atoms with E-state index in [4.69, 9.17) is 4.74 Å². The molecule has 2 aliphatic rings. The van der Waals surface area contributed by atoms with Crippen molar-refractivity contribution in [3.8, 4) is 0 Å². The summed E-state index contributed by atoms with van der Waals surface area (Å²) in [5.74, 6) is -0.321. The van der Waals surface area contributed by atoms with Gasteiger partial charge in [0.1, 0.15) is 10.7 Å². The molecular formula is C22H26FN3O5S. The Hall–Kier alpha value is -2.56. The molecule has 1 N–H and O–H groups in total. The minimum Gasteiger partial charge on any atom is -0.383 e. The van der Waals surface area contributed by atoms with Gasteiger partial charge in [-0.15, -0.1) is 0 Å². The molecule has 4 rings (SSSR count). The van der Waals surface area contributed by atoms with E-state index in [1.807, 2.05) is 0 Å². The predicted octanol–water partition coefficient (Wildman–Crippen LogP) is 3.68. The Kier molecular flexibility index (Phi) is 6.45. The molecule has 0 radical (unpaired) electrons. The summed E-state index contributed by atoms with van der Waals surface area (Å²) in [7, 11) is -3.88. The van der Waals surface area contributed by atoms with E-state index in [1.54, 1.807) is 12.1 Å². The van der Waals surface area contributed by atoms with E-state index in [0.29, 0.717) is 51.4 Å². The Labute approximate surface area is 186 Å². The highest BCUT2D eigenvalue weighted by Gasteiger charge is 2.36. The Morgan fingerprint density at radius 3 is 2.38 bits per heavy atom. The van der Waals surface area contributed by atoms with Crippen molar-refractivity contribution in [2.75, 3.05) is 38.2 Å². The maximum Gasteiger partial charge on any atom is 0.270 e. The Bertz CT molecular complexity index is 1080. The normalized spacial score (nSPS) is 19.0. The van der Waals surface area contributed by atoms with Crippen molar-refractivity contribution in [3.05, 3.63) is 64.0 Å². The largest absolute Gasteiger partial charge is 0.383 e. The summed E-state index contributed by atoms with van der Waals surface area (Å²) >= 11 is 0. The zero-order valence-corrected chi connectivity index (χ0v) is 18.4. The number of non-ortho nitro benzene ring substituents is 1. The summed E-state index contributed by atoms with van der Waals surface area (Å²) in [6.07, 6.45) is 2.91. The van der Waals surface area contributed by atoms with Crippen LogP contribution in [0, 0.1) is 15.9 Å². The lowest BCUT2D eigenvalue weighted by Crippen LogP contribution is -2.40. The number of nitro benzene ring substituents is 1. The number of hydrogen-bond acceptors (Lipinski definition) is 6. The van der Waals surface area contributed by atoms with E-state index in [-0.39, 0.29) is 21.8 Å². The highest BCUT2D eigenvalue weighted by atomic mass is 32.2. The summed E-state index contributed by atoms with van der Waals surface area (Å²) in [5.41, 5.74) is 0.631. The average Bonchev–Trinajstić information content (AvgIpc) is 3.34. The Morgan fingerprint density at radius 2 is 1.75 bits per heavy atom. The number of nitrogens with zero attached hydrogens (tertiary/aromatic N) is 2. The number of benzene rings is 2. The second-order valence-electron chi connectivity index (χ2n) is 8.30. The number of nitrogens with one attached hydrogen (secondary N) is 1. The molecule has 2 heterocycles. The smallest absolute Gasteiger partial charge is 0.270 e. The Balaban J connectivity index is 1.68. The first-order valence-electron chi connectivity index (χ1n) is 10.7. The van der Waals surface area contributed by atoms with Gasteiger partial charge in [-0.05, 0) is 49.4 Å². The first-order chi connectivity index (χ1) is 15.3. The molecule has 0 bridgehead atoms. The summed E-state index contributed by atoms with van der Waals surface area (Å²) in [4.78, 5) is 10.6. The number of nitro groups is 1. The van der Waals surface area contributed by atoms with Gasteiger partial charge in [-0.2, -0.15) is 4.31 Å². The minimum atomic E-state index is -3.88. The fourth-order valence-corrected chi connectivity index (χ4v) is 6.15. The van der Waals surface area contributed by atoms with Crippen LogP contribution in [0.5, 0.6) is 0 Å². The number of anilines is 1. The number of ether oxygens (including phenoxy) is 1. The lowest BCUT2D eigenvalue weighted by Gasteiger charge is -2.38. The van der Waals surface area contributed by atoms with Crippen LogP contribution in [0.25, 0.3) is 0 Å². The van der Waals surface area contributed by atoms with Gasteiger partial charge in [0.25, 0.3) is 5.69 Å². The molecule has 32 heavy (non-hydrogen) atoms. The summed E-state index contributed by atoms with van der Waals surface area (Å²) in [6, 6.07) is 10.2. The van der Waals surface area contributed by atoms with Crippen LogP contribution in [-0.4, -0.2) is 50.5 Å². The summed E-state index contributed by atoms with van der Waals surface area (Å²) in [6.45, 7) is 2.28. The monoisotopic (exact) mass is 463 g/mol. The van der Waals surface area contributed by atoms with Crippen LogP contribution in [0.4, 0.5) is 15.8 Å². The molecule has 2 aliphatic heterocycles. The zero-order chi connectivity index (χ0) is 22.8. The van der Waals surface area contributed by atoms with Crippen LogP contribution in [-0.2, 0) is 20.2 Å². The molecule has 10 heteroatoms. The molecular weight excluding hydrogens is 437 g/mol. The first kappa shape index (κ1) is 22.6. The van der Waals surface area contributed by atoms with Gasteiger partial charge in [-0.3, -0.25) is 10.1 Å². The average molecular weight is 464 g/mol. The van der Waals surface area contributed by atoms with Crippen molar-refractivity contribution in [3.63, 3.8) is 0 Å². The van der Waals surface area contributed by atoms with Crippen molar-refractivity contribution in [1.29, 1.82) is 0 Å². The third kappa shape index (κ3) is 4.48. The summed E-state index contributed by atoms with van der Waals surface area (Å²) < 4.78 is 46.9. The Morgan fingerprint density at radius 1 is 1.09 bits per heavy atom. The highest BCUT2D eigenvalue weighted by molar-refractivity contribution is 7.89. The van der Waals surface area contributed by atoms with Crippen molar-refractivity contribution in [2.45, 2.75) is 36.0 Å². The molecule has 2 aromatic carbocycles. The quantitative estimate of drug-likeness (QED) is 0.497. The predicted molar refractivity (Wildman–Crippen MR) is 118 cm³/mol. The second-order valence-corrected chi connectivity index (χ2v) is 10.2. The van der Waals surface area contributed by atoms with Crippen molar-refractivity contribution < 1.29 is 22.5 Å². The molecule has 2 fully saturated rings. The van der Waals surface area contributed by atoms with E-state index in [9.17, 15) is 22.9 Å². The van der Waals surface area contributed by atoms with E-state index in [1.165, 1.54) is 28.6 Å². The number of sulfonamides is 1. The van der Waals surface area contributed by atoms with Gasteiger partial charge in [-0.1, -0.05) is 12.1 Å². The molecule has 172 valence electrons. The van der Waals surface area contributed by atoms with Crippen LogP contribution < -0.4 is 5.32 Å². The van der Waals surface area contributed by atoms with Crippen molar-refractivity contribution in [1.82, 2.24) is 4.31 Å². The number of halogens is 1. The molecule has 0 amide bonds. The highest BCUT2D eigenvalue weighted by Crippen LogP contribution is 2.37. The molecule has 8 nitrogen and oxygen atoms in total. The van der Waals surface area contributed by atoms with E-state index in [0.717, 1.165) is 24.5 Å². The van der Waals surface area contributed by atoms with Crippen LogP contribution in [0.3, 0.4) is 0 Å². The van der Waals surface area contributed by atoms with Crippen LogP contribution >= 0.6 is 0 Å². The molecule has 0 saturated carbocycles. The van der Waals surface area contributed by atoms with Gasteiger partial charge >= 0.3 is 0 Å². The molecule has 2 saturated heterocycles. The maximum absolute atomic E-state index is 13.5. The zero-order valence-electron chi connectivity index (χ0n) is 17.6. The number of rotatable bonds is 7. The van der Waals surface area contributed by atoms with Crippen LogP contribution in [0.1, 0.15) is 31.2 Å². The van der Waals surface area contributed by atoms with Gasteiger partial charge in [0, 0.05) is 50.4 Å². The molecule has 2 aromatic rings. The van der Waals surface area contributed by atoms with E-state index < -0.39 is 14.9 Å². The maximum atomic E-state index is 13.5. The van der Waals surface area contributed by atoms with Gasteiger partial charge in [-0.25, -0.2) is 12.8 Å². The van der Waals surface area contributed by atoms with Crippen molar-refractivity contribution in [2.24, 2.45) is 0 Å². The van der Waals surface area contributed by atoms with Gasteiger partial charge < -0.3 is 10.1 Å². The minimum absolute atomic E-state index is 0.0880. The van der Waals surface area contributed by atoms with Gasteiger partial charge in [0.15, 0.2) is 0 Å². The standard InChI is InChI=1S/C22H26FN3O5S/c23-18-5-3-17(4-6-18)22(9-13-31-14-10-22)16-24-20-8-7-19(26(27)28)15-21(20)32(29,30)25-11-1-2-12-25/h3-8,15,24H,1-2,9-14,16H2. The molecule has 0 spiro atoms. The number of hydrogen-bond donors (Lipinski definition) is 1. The summed E-state index contributed by atoms with van der Waals surface area (Å²) in [5, 5.41) is 14.6. The lowest BCUT2D eigenvalue weighted by atomic mass is 9.74. The van der Waals surface area contributed by atoms with Crippen LogP contribution in [0.2, 0.25) is 0 Å². The molecule has 0 unspecified atom stereocenters. The molecule has 0 aliphatic carbocycles. The second kappa shape index (κ2) is 9.13. The first-order valence-corrected chi connectivity index (χ1v) is 12.1. The van der Waals surface area contributed by atoms with E-state index in [2.05, 4.69) is 5.32 Å². The topological polar surface area (TPSA) is 102 Å². The molecule has 0 atom stereocenters. The fraction of sp³-hybridized carbons (Fsp3) is 0.455. The SMILES string of the molecule is O=[N+]([O-])c1ccc(NCC2(c3ccc(F)cc3)CCOCC2)c(S(=O)(=O)N2CCCC2)c1.